The predicted octanol–water partition coefficient (Wildman–Crippen LogP) is 2.75. The van der Waals surface area contributed by atoms with E-state index < -0.39 is 4.92 Å². The Balaban J connectivity index is 1.54. The van der Waals surface area contributed by atoms with Gasteiger partial charge in [-0.05, 0) is 23.3 Å². The van der Waals surface area contributed by atoms with Crippen LogP contribution in [0.3, 0.4) is 0 Å². The first-order chi connectivity index (χ1) is 13.1. The minimum absolute atomic E-state index is 0.0157. The maximum atomic E-state index is 12.1. The van der Waals surface area contributed by atoms with Crippen molar-refractivity contribution in [2.24, 2.45) is 0 Å². The SMILES string of the molecule is O=C(NCc1ccccc1CN1CCOCC1)Nc1ccc([N+](=O)[O-])cc1. The van der Waals surface area contributed by atoms with Crippen LogP contribution in [-0.4, -0.2) is 42.2 Å². The Morgan fingerprint density at radius 1 is 1.07 bits per heavy atom. The largest absolute Gasteiger partial charge is 0.379 e. The van der Waals surface area contributed by atoms with Crippen LogP contribution in [0.5, 0.6) is 0 Å². The summed E-state index contributed by atoms with van der Waals surface area (Å²) in [6, 6.07) is 13.4. The summed E-state index contributed by atoms with van der Waals surface area (Å²) in [5, 5.41) is 16.2. The summed E-state index contributed by atoms with van der Waals surface area (Å²) in [6.45, 7) is 4.53. The number of carbonyl (C=O) groups is 1. The number of non-ortho nitro benzene ring substituents is 1. The molecule has 1 fully saturated rings. The Labute approximate surface area is 157 Å². The summed E-state index contributed by atoms with van der Waals surface area (Å²) in [5.74, 6) is 0. The van der Waals surface area contributed by atoms with Crippen LogP contribution in [0, 0.1) is 10.1 Å². The molecule has 2 aromatic rings. The number of hydrogen-bond donors (Lipinski definition) is 2. The molecular formula is C19H22N4O4. The maximum Gasteiger partial charge on any atom is 0.319 e. The molecule has 1 heterocycles. The van der Waals surface area contributed by atoms with Gasteiger partial charge in [0.2, 0.25) is 0 Å². The number of amides is 2. The zero-order valence-electron chi connectivity index (χ0n) is 14.9. The third-order valence-corrected chi connectivity index (χ3v) is 4.39. The van der Waals surface area contributed by atoms with Crippen LogP contribution in [0.1, 0.15) is 11.1 Å². The molecule has 0 spiro atoms. The molecule has 8 heteroatoms. The number of ether oxygens (including phenoxy) is 1. The summed E-state index contributed by atoms with van der Waals surface area (Å²) in [6.07, 6.45) is 0. The van der Waals surface area contributed by atoms with Crippen molar-refractivity contribution < 1.29 is 14.5 Å². The van der Waals surface area contributed by atoms with E-state index >= 15 is 0 Å². The minimum atomic E-state index is -0.477. The highest BCUT2D eigenvalue weighted by Crippen LogP contribution is 2.16. The second-order valence-corrected chi connectivity index (χ2v) is 6.27. The number of urea groups is 1. The van der Waals surface area contributed by atoms with Gasteiger partial charge in [0, 0.05) is 44.0 Å². The average molecular weight is 370 g/mol. The lowest BCUT2D eigenvalue weighted by Crippen LogP contribution is -2.36. The first-order valence-electron chi connectivity index (χ1n) is 8.78. The number of carbonyl (C=O) groups excluding carboxylic acids is 1. The number of nitro benzene ring substituents is 1. The molecule has 1 saturated heterocycles. The van der Waals surface area contributed by atoms with E-state index in [0.717, 1.165) is 38.4 Å². The van der Waals surface area contributed by atoms with Gasteiger partial charge in [0.25, 0.3) is 5.69 Å². The van der Waals surface area contributed by atoms with Gasteiger partial charge in [-0.2, -0.15) is 0 Å². The monoisotopic (exact) mass is 370 g/mol. The minimum Gasteiger partial charge on any atom is -0.379 e. The Kier molecular flexibility index (Phi) is 6.35. The molecule has 1 aliphatic heterocycles. The van der Waals surface area contributed by atoms with Crippen molar-refractivity contribution in [2.45, 2.75) is 13.1 Å². The normalized spacial score (nSPS) is 14.5. The highest BCUT2D eigenvalue weighted by molar-refractivity contribution is 5.89. The van der Waals surface area contributed by atoms with Gasteiger partial charge >= 0.3 is 6.03 Å². The van der Waals surface area contributed by atoms with Gasteiger partial charge in [0.1, 0.15) is 0 Å². The standard InChI is InChI=1S/C19H22N4O4/c24-19(21-17-5-7-18(8-6-17)23(25)26)20-13-15-3-1-2-4-16(15)14-22-9-11-27-12-10-22/h1-8H,9-14H2,(H2,20,21,24). The first-order valence-corrected chi connectivity index (χ1v) is 8.78. The molecule has 3 rings (SSSR count). The predicted molar refractivity (Wildman–Crippen MR) is 101 cm³/mol. The van der Waals surface area contributed by atoms with Gasteiger partial charge in [-0.25, -0.2) is 4.79 Å². The molecule has 2 amide bonds. The van der Waals surface area contributed by atoms with Crippen molar-refractivity contribution in [3.8, 4) is 0 Å². The fourth-order valence-electron chi connectivity index (χ4n) is 2.90. The van der Waals surface area contributed by atoms with E-state index in [1.165, 1.54) is 29.8 Å². The van der Waals surface area contributed by atoms with E-state index in [0.29, 0.717) is 12.2 Å². The highest BCUT2D eigenvalue weighted by atomic mass is 16.6. The van der Waals surface area contributed by atoms with Crippen molar-refractivity contribution in [2.75, 3.05) is 31.6 Å². The molecule has 0 saturated carbocycles. The highest BCUT2D eigenvalue weighted by Gasteiger charge is 2.13. The molecule has 0 atom stereocenters. The van der Waals surface area contributed by atoms with E-state index in [9.17, 15) is 14.9 Å². The molecule has 2 aromatic carbocycles. The molecule has 0 unspecified atom stereocenters. The Bertz CT molecular complexity index is 789. The van der Waals surface area contributed by atoms with E-state index in [1.54, 1.807) is 0 Å². The third-order valence-electron chi connectivity index (χ3n) is 4.39. The van der Waals surface area contributed by atoms with Crippen molar-refractivity contribution in [1.29, 1.82) is 0 Å². The number of benzene rings is 2. The van der Waals surface area contributed by atoms with Crippen molar-refractivity contribution in [3.63, 3.8) is 0 Å². The Morgan fingerprint density at radius 3 is 2.41 bits per heavy atom. The number of nitrogens with zero attached hydrogens (tertiary/aromatic N) is 2. The first kappa shape index (κ1) is 18.8. The molecule has 142 valence electrons. The second kappa shape index (κ2) is 9.11. The third kappa shape index (κ3) is 5.50. The van der Waals surface area contributed by atoms with Gasteiger partial charge in [0.05, 0.1) is 18.1 Å². The number of rotatable bonds is 6. The van der Waals surface area contributed by atoms with E-state index in [2.05, 4.69) is 21.6 Å². The van der Waals surface area contributed by atoms with Crippen molar-refractivity contribution >= 4 is 17.4 Å². The van der Waals surface area contributed by atoms with Crippen LogP contribution in [-0.2, 0) is 17.8 Å². The van der Waals surface area contributed by atoms with Gasteiger partial charge in [-0.1, -0.05) is 24.3 Å². The fourth-order valence-corrected chi connectivity index (χ4v) is 2.90. The number of anilines is 1. The molecule has 1 aliphatic rings. The Morgan fingerprint density at radius 2 is 1.74 bits per heavy atom. The quantitative estimate of drug-likeness (QED) is 0.602. The van der Waals surface area contributed by atoms with Crippen LogP contribution in [0.15, 0.2) is 48.5 Å². The zero-order chi connectivity index (χ0) is 19.1. The van der Waals surface area contributed by atoms with Gasteiger partial charge < -0.3 is 15.4 Å². The van der Waals surface area contributed by atoms with Gasteiger partial charge in [-0.15, -0.1) is 0 Å². The average Bonchev–Trinajstić information content (AvgIpc) is 2.68. The van der Waals surface area contributed by atoms with E-state index in [1.807, 2.05) is 18.2 Å². The van der Waals surface area contributed by atoms with Gasteiger partial charge in [0.15, 0.2) is 0 Å². The number of morpholine rings is 1. The van der Waals surface area contributed by atoms with Crippen LogP contribution >= 0.6 is 0 Å². The summed E-state index contributed by atoms with van der Waals surface area (Å²) in [7, 11) is 0. The van der Waals surface area contributed by atoms with Crippen LogP contribution in [0.4, 0.5) is 16.2 Å². The smallest absolute Gasteiger partial charge is 0.319 e. The molecule has 0 bridgehead atoms. The molecule has 0 aromatic heterocycles. The van der Waals surface area contributed by atoms with Crippen molar-refractivity contribution in [3.05, 3.63) is 69.8 Å². The summed E-state index contributed by atoms with van der Waals surface area (Å²) in [4.78, 5) is 24.6. The molecular weight excluding hydrogens is 348 g/mol. The molecule has 0 aliphatic carbocycles. The number of nitro groups is 1. The molecule has 27 heavy (non-hydrogen) atoms. The van der Waals surface area contributed by atoms with Gasteiger partial charge in [-0.3, -0.25) is 15.0 Å². The Hall–Kier alpha value is -2.97. The number of nitrogens with one attached hydrogen (secondary N) is 2. The van der Waals surface area contributed by atoms with Crippen molar-refractivity contribution in [1.82, 2.24) is 10.2 Å². The topological polar surface area (TPSA) is 96.7 Å². The fraction of sp³-hybridized carbons (Fsp3) is 0.316. The molecule has 8 nitrogen and oxygen atoms in total. The lowest BCUT2D eigenvalue weighted by Gasteiger charge is -2.27. The summed E-state index contributed by atoms with van der Waals surface area (Å²) in [5.41, 5.74) is 2.72. The second-order valence-electron chi connectivity index (χ2n) is 6.27. The van der Waals surface area contributed by atoms with E-state index in [4.69, 9.17) is 4.74 Å². The van der Waals surface area contributed by atoms with E-state index in [-0.39, 0.29) is 11.7 Å². The molecule has 2 N–H and O–H groups in total. The maximum absolute atomic E-state index is 12.1. The van der Waals surface area contributed by atoms with Crippen LogP contribution < -0.4 is 10.6 Å². The molecule has 0 radical (unpaired) electrons. The lowest BCUT2D eigenvalue weighted by atomic mass is 10.1. The van der Waals surface area contributed by atoms with Crippen LogP contribution in [0.2, 0.25) is 0 Å². The zero-order valence-corrected chi connectivity index (χ0v) is 14.9. The lowest BCUT2D eigenvalue weighted by molar-refractivity contribution is -0.384. The van der Waals surface area contributed by atoms with Crippen LogP contribution in [0.25, 0.3) is 0 Å². The summed E-state index contributed by atoms with van der Waals surface area (Å²) < 4.78 is 5.38. The summed E-state index contributed by atoms with van der Waals surface area (Å²) >= 11 is 0. The number of hydrogen-bond acceptors (Lipinski definition) is 5.